The molecule has 1 fully saturated rings. The minimum atomic E-state index is -0.990. The van der Waals surface area contributed by atoms with Crippen molar-refractivity contribution in [1.29, 1.82) is 0 Å². The van der Waals surface area contributed by atoms with E-state index in [9.17, 15) is 4.39 Å². The Hall–Kier alpha value is -1.92. The average Bonchev–Trinajstić information content (AvgIpc) is 2.94. The number of nitrogens with zero attached hydrogens (tertiary/aromatic N) is 2. The van der Waals surface area contributed by atoms with Gasteiger partial charge in [0.1, 0.15) is 5.73 Å². The van der Waals surface area contributed by atoms with Gasteiger partial charge < -0.3 is 9.31 Å². The molecule has 0 unspecified atom stereocenters. The first-order valence-electron chi connectivity index (χ1n) is 8.91. The molecule has 0 radical (unpaired) electrons. The quantitative estimate of drug-likeness (QED) is 0.758. The SMILES string of the molecule is Cc1nn(Cc2ccccc2)c(C)c1C=C(F)B1OC(C)(C)C(C)(C)O1. The molecule has 1 aliphatic heterocycles. The van der Waals surface area contributed by atoms with E-state index >= 15 is 0 Å². The van der Waals surface area contributed by atoms with Gasteiger partial charge in [-0.1, -0.05) is 30.3 Å². The topological polar surface area (TPSA) is 36.3 Å². The van der Waals surface area contributed by atoms with Crippen LogP contribution in [0.5, 0.6) is 0 Å². The van der Waals surface area contributed by atoms with Crippen molar-refractivity contribution in [3.8, 4) is 0 Å². The van der Waals surface area contributed by atoms with E-state index in [1.54, 1.807) is 0 Å². The van der Waals surface area contributed by atoms with Gasteiger partial charge in [0.15, 0.2) is 0 Å². The molecule has 1 saturated heterocycles. The van der Waals surface area contributed by atoms with Crippen LogP contribution in [0.4, 0.5) is 4.39 Å². The van der Waals surface area contributed by atoms with Gasteiger partial charge in [-0.25, -0.2) is 4.39 Å². The van der Waals surface area contributed by atoms with Crippen molar-refractivity contribution in [2.45, 2.75) is 59.3 Å². The van der Waals surface area contributed by atoms with Crippen molar-refractivity contribution < 1.29 is 13.7 Å². The number of rotatable bonds is 4. The number of aromatic nitrogens is 2. The van der Waals surface area contributed by atoms with Crippen LogP contribution < -0.4 is 0 Å². The first-order chi connectivity index (χ1) is 12.1. The van der Waals surface area contributed by atoms with Crippen LogP contribution in [-0.2, 0) is 15.9 Å². The molecule has 1 aromatic carbocycles. The summed E-state index contributed by atoms with van der Waals surface area (Å²) in [5, 5.41) is 4.57. The molecular formula is C20H26BFN2O2. The van der Waals surface area contributed by atoms with E-state index in [0.29, 0.717) is 6.54 Å². The molecule has 1 aliphatic rings. The first-order valence-corrected chi connectivity index (χ1v) is 8.91. The van der Waals surface area contributed by atoms with Gasteiger partial charge in [0, 0.05) is 11.3 Å². The van der Waals surface area contributed by atoms with E-state index in [0.717, 1.165) is 22.5 Å². The Morgan fingerprint density at radius 1 is 1.12 bits per heavy atom. The number of aryl methyl sites for hydroxylation is 1. The summed E-state index contributed by atoms with van der Waals surface area (Å²) < 4.78 is 28.3. The maximum Gasteiger partial charge on any atom is 0.525 e. The minimum absolute atomic E-state index is 0.436. The summed E-state index contributed by atoms with van der Waals surface area (Å²) in [7, 11) is -0.990. The zero-order valence-electron chi connectivity index (χ0n) is 16.3. The van der Waals surface area contributed by atoms with E-state index in [4.69, 9.17) is 9.31 Å². The van der Waals surface area contributed by atoms with E-state index in [1.165, 1.54) is 6.08 Å². The minimum Gasteiger partial charge on any atom is -0.398 e. The highest BCUT2D eigenvalue weighted by Gasteiger charge is 2.53. The maximum atomic E-state index is 14.9. The molecule has 26 heavy (non-hydrogen) atoms. The Bertz CT molecular complexity index is 812. The second-order valence-electron chi connectivity index (χ2n) is 7.85. The molecule has 3 rings (SSSR count). The Labute approximate surface area is 155 Å². The number of hydrogen-bond donors (Lipinski definition) is 0. The van der Waals surface area contributed by atoms with Crippen LogP contribution in [0, 0.1) is 13.8 Å². The van der Waals surface area contributed by atoms with Crippen LogP contribution in [0.15, 0.2) is 36.1 Å². The lowest BCUT2D eigenvalue weighted by atomic mass is 9.86. The van der Waals surface area contributed by atoms with E-state index < -0.39 is 24.0 Å². The summed E-state index contributed by atoms with van der Waals surface area (Å²) in [5.41, 5.74) is 2.06. The molecule has 1 aromatic heterocycles. The molecule has 0 spiro atoms. The molecule has 0 saturated carbocycles. The second-order valence-corrected chi connectivity index (χ2v) is 7.85. The summed E-state index contributed by atoms with van der Waals surface area (Å²) in [4.78, 5) is 0. The molecule has 4 nitrogen and oxygen atoms in total. The van der Waals surface area contributed by atoms with Crippen molar-refractivity contribution in [2.24, 2.45) is 0 Å². The second kappa shape index (κ2) is 6.67. The van der Waals surface area contributed by atoms with Crippen molar-refractivity contribution in [3.05, 3.63) is 58.6 Å². The Kier molecular flexibility index (Phi) is 4.84. The number of hydrogen-bond acceptors (Lipinski definition) is 3. The van der Waals surface area contributed by atoms with Gasteiger partial charge in [-0.05, 0) is 53.2 Å². The smallest absolute Gasteiger partial charge is 0.398 e. The fourth-order valence-electron chi connectivity index (χ4n) is 2.99. The third-order valence-corrected chi connectivity index (χ3v) is 5.37. The summed E-state index contributed by atoms with van der Waals surface area (Å²) in [6, 6.07) is 10.1. The van der Waals surface area contributed by atoms with E-state index in [-0.39, 0.29) is 0 Å². The zero-order valence-corrected chi connectivity index (χ0v) is 16.3. The molecule has 6 heteroatoms. The van der Waals surface area contributed by atoms with E-state index in [2.05, 4.69) is 17.2 Å². The third-order valence-electron chi connectivity index (χ3n) is 5.37. The molecule has 0 bridgehead atoms. The van der Waals surface area contributed by atoms with Crippen LogP contribution in [0.3, 0.4) is 0 Å². The van der Waals surface area contributed by atoms with Crippen LogP contribution in [0.1, 0.15) is 50.2 Å². The lowest BCUT2D eigenvalue weighted by Crippen LogP contribution is -2.41. The van der Waals surface area contributed by atoms with Crippen LogP contribution in [0.2, 0.25) is 0 Å². The van der Waals surface area contributed by atoms with Gasteiger partial charge >= 0.3 is 7.12 Å². The molecule has 0 atom stereocenters. The van der Waals surface area contributed by atoms with Gasteiger partial charge in [-0.15, -0.1) is 0 Å². The maximum absolute atomic E-state index is 14.9. The van der Waals surface area contributed by atoms with Crippen LogP contribution in [-0.4, -0.2) is 28.1 Å². The fourth-order valence-corrected chi connectivity index (χ4v) is 2.99. The molecule has 138 valence electrons. The largest absolute Gasteiger partial charge is 0.525 e. The zero-order chi connectivity index (χ0) is 19.1. The molecule has 2 aromatic rings. The molecule has 0 amide bonds. The standard InChI is InChI=1S/C20H26BFN2O2/c1-14-17(12-18(22)21-25-19(3,4)20(5,6)26-21)15(2)24(23-14)13-16-10-8-7-9-11-16/h7-12H,13H2,1-6H3. The van der Waals surface area contributed by atoms with Gasteiger partial charge in [-0.2, -0.15) is 5.10 Å². The first kappa shape index (κ1) is 18.9. The Balaban J connectivity index is 1.85. The average molecular weight is 356 g/mol. The predicted molar refractivity (Wildman–Crippen MR) is 102 cm³/mol. The third kappa shape index (κ3) is 3.48. The highest BCUT2D eigenvalue weighted by Crippen LogP contribution is 2.39. The summed E-state index contributed by atoms with van der Waals surface area (Å²) >= 11 is 0. The van der Waals surface area contributed by atoms with E-state index in [1.807, 2.05) is 64.4 Å². The molecule has 2 heterocycles. The van der Waals surface area contributed by atoms with Gasteiger partial charge in [0.25, 0.3) is 0 Å². The number of benzene rings is 1. The van der Waals surface area contributed by atoms with Crippen molar-refractivity contribution in [3.63, 3.8) is 0 Å². The fraction of sp³-hybridized carbons (Fsp3) is 0.450. The monoisotopic (exact) mass is 356 g/mol. The van der Waals surface area contributed by atoms with Crippen molar-refractivity contribution in [2.75, 3.05) is 0 Å². The lowest BCUT2D eigenvalue weighted by Gasteiger charge is -2.32. The van der Waals surface area contributed by atoms with Crippen molar-refractivity contribution >= 4 is 13.2 Å². The summed E-state index contributed by atoms with van der Waals surface area (Å²) in [5.74, 6) is 0. The molecular weight excluding hydrogens is 330 g/mol. The summed E-state index contributed by atoms with van der Waals surface area (Å²) in [6.07, 6.45) is 1.49. The predicted octanol–water partition coefficient (Wildman–Crippen LogP) is 4.49. The highest BCUT2D eigenvalue weighted by atomic mass is 19.1. The van der Waals surface area contributed by atoms with Gasteiger partial charge in [0.2, 0.25) is 0 Å². The Morgan fingerprint density at radius 3 is 2.27 bits per heavy atom. The highest BCUT2D eigenvalue weighted by molar-refractivity contribution is 6.54. The van der Waals surface area contributed by atoms with Gasteiger partial charge in [0.05, 0.1) is 23.4 Å². The van der Waals surface area contributed by atoms with Crippen LogP contribution in [0.25, 0.3) is 6.08 Å². The van der Waals surface area contributed by atoms with Gasteiger partial charge in [-0.3, -0.25) is 4.68 Å². The molecule has 0 N–H and O–H groups in total. The number of halogens is 1. The normalized spacial score (nSPS) is 19.2. The Morgan fingerprint density at radius 2 is 1.69 bits per heavy atom. The summed E-state index contributed by atoms with van der Waals surface area (Å²) in [6.45, 7) is 12.1. The van der Waals surface area contributed by atoms with Crippen LogP contribution >= 0.6 is 0 Å². The lowest BCUT2D eigenvalue weighted by molar-refractivity contribution is 0.00578. The molecule has 0 aliphatic carbocycles. The van der Waals surface area contributed by atoms with Crippen molar-refractivity contribution in [1.82, 2.24) is 9.78 Å².